The number of nitrogen functional groups attached to an aromatic ring is 1. The van der Waals surface area contributed by atoms with Crippen molar-refractivity contribution in [1.82, 2.24) is 9.13 Å². The van der Waals surface area contributed by atoms with Crippen LogP contribution in [0.4, 0.5) is 5.82 Å². The van der Waals surface area contributed by atoms with Crippen LogP contribution in [0, 0.1) is 0 Å². The molecule has 16 heavy (non-hydrogen) atoms. The largest absolute Gasteiger partial charge is 0.384 e. The van der Waals surface area contributed by atoms with Gasteiger partial charge in [-0.25, -0.2) is 4.79 Å². The lowest BCUT2D eigenvalue weighted by Gasteiger charge is -2.09. The summed E-state index contributed by atoms with van der Waals surface area (Å²) in [6.45, 7) is 0. The number of hydrogen-bond donors (Lipinski definition) is 1. The number of carbonyl (C=O) groups excluding carboxylic acids is 1. The number of hydrogen-bond acceptors (Lipinski definition) is 5. The minimum atomic E-state index is -0.639. The summed E-state index contributed by atoms with van der Waals surface area (Å²) in [7, 11) is 2.74. The number of aromatic nitrogens is 2. The molecule has 1 aromatic heterocycles. The minimum Gasteiger partial charge on any atom is -0.384 e. The Morgan fingerprint density at radius 1 is 1.31 bits per heavy atom. The van der Waals surface area contributed by atoms with Gasteiger partial charge in [0, 0.05) is 14.1 Å². The van der Waals surface area contributed by atoms with E-state index in [2.05, 4.69) is 0 Å². The molecule has 1 aromatic rings. The molecule has 0 spiro atoms. The zero-order valence-corrected chi connectivity index (χ0v) is 10.1. The van der Waals surface area contributed by atoms with Crippen molar-refractivity contribution >= 4 is 23.4 Å². The maximum Gasteiger partial charge on any atom is 0.332 e. The van der Waals surface area contributed by atoms with E-state index in [-0.39, 0.29) is 22.9 Å². The third-order valence-electron chi connectivity index (χ3n) is 2.26. The van der Waals surface area contributed by atoms with Crippen molar-refractivity contribution in [3.05, 3.63) is 26.4 Å². The van der Waals surface area contributed by atoms with Crippen LogP contribution >= 0.6 is 11.8 Å². The van der Waals surface area contributed by atoms with Crippen LogP contribution in [0.1, 0.15) is 10.4 Å². The number of nitrogens with zero attached hydrogens (tertiary/aromatic N) is 2. The van der Waals surface area contributed by atoms with E-state index in [1.165, 1.54) is 25.9 Å². The first-order valence-electron chi connectivity index (χ1n) is 4.49. The third-order valence-corrected chi connectivity index (χ3v) is 2.81. The Morgan fingerprint density at radius 2 is 1.88 bits per heavy atom. The standard InChI is InChI=1S/C9H13N3O3S/c1-11-7(10)6(5(13)4-16-3)8(14)12(2)9(11)15/h4,10H2,1-3H3. The number of carbonyl (C=O) groups is 1. The van der Waals surface area contributed by atoms with Gasteiger partial charge in [-0.05, 0) is 6.26 Å². The normalized spacial score (nSPS) is 10.4. The lowest BCUT2D eigenvalue weighted by molar-refractivity contribution is 0.102. The lowest BCUT2D eigenvalue weighted by atomic mass is 10.2. The minimum absolute atomic E-state index is 0.0767. The highest BCUT2D eigenvalue weighted by Crippen LogP contribution is 2.06. The molecule has 6 nitrogen and oxygen atoms in total. The molecular formula is C9H13N3O3S. The van der Waals surface area contributed by atoms with Gasteiger partial charge in [-0.2, -0.15) is 11.8 Å². The van der Waals surface area contributed by atoms with Crippen LogP contribution < -0.4 is 17.0 Å². The molecule has 0 atom stereocenters. The first-order valence-corrected chi connectivity index (χ1v) is 5.88. The van der Waals surface area contributed by atoms with Gasteiger partial charge in [0.2, 0.25) is 0 Å². The van der Waals surface area contributed by atoms with Gasteiger partial charge in [0.1, 0.15) is 11.4 Å². The summed E-state index contributed by atoms with van der Waals surface area (Å²) < 4.78 is 1.97. The fraction of sp³-hybridized carbons (Fsp3) is 0.444. The van der Waals surface area contributed by atoms with E-state index in [0.717, 1.165) is 9.13 Å². The van der Waals surface area contributed by atoms with Crippen molar-refractivity contribution in [3.63, 3.8) is 0 Å². The van der Waals surface area contributed by atoms with Gasteiger partial charge in [-0.3, -0.25) is 18.7 Å². The molecule has 0 radical (unpaired) electrons. The average molecular weight is 243 g/mol. The summed E-state index contributed by atoms with van der Waals surface area (Å²) >= 11 is 1.30. The number of thioether (sulfide) groups is 1. The second kappa shape index (κ2) is 4.56. The maximum absolute atomic E-state index is 11.7. The highest BCUT2D eigenvalue weighted by molar-refractivity contribution is 7.99. The molecule has 88 valence electrons. The van der Waals surface area contributed by atoms with Crippen molar-refractivity contribution in [2.45, 2.75) is 0 Å². The number of anilines is 1. The lowest BCUT2D eigenvalue weighted by Crippen LogP contribution is -2.41. The first kappa shape index (κ1) is 12.6. The first-order chi connectivity index (χ1) is 7.41. The SMILES string of the molecule is CSCC(=O)c1c(N)n(C)c(=O)n(C)c1=O. The van der Waals surface area contributed by atoms with Gasteiger partial charge < -0.3 is 5.73 Å². The van der Waals surface area contributed by atoms with Crippen LogP contribution in [0.25, 0.3) is 0 Å². The predicted molar refractivity (Wildman–Crippen MR) is 64.0 cm³/mol. The molecule has 0 fully saturated rings. The molecule has 7 heteroatoms. The fourth-order valence-corrected chi connectivity index (χ4v) is 1.73. The second-order valence-corrected chi connectivity index (χ2v) is 4.19. The maximum atomic E-state index is 11.7. The summed E-state index contributed by atoms with van der Waals surface area (Å²) in [5.41, 5.74) is 4.31. The van der Waals surface area contributed by atoms with E-state index >= 15 is 0 Å². The van der Waals surface area contributed by atoms with E-state index in [9.17, 15) is 14.4 Å². The summed E-state index contributed by atoms with van der Waals surface area (Å²) in [6.07, 6.45) is 1.75. The third kappa shape index (κ3) is 1.90. The molecule has 0 aliphatic rings. The van der Waals surface area contributed by atoms with E-state index < -0.39 is 11.2 Å². The van der Waals surface area contributed by atoms with E-state index in [4.69, 9.17) is 5.73 Å². The summed E-state index contributed by atoms with van der Waals surface area (Å²) in [4.78, 5) is 34.9. The van der Waals surface area contributed by atoms with Gasteiger partial charge in [0.25, 0.3) is 5.56 Å². The molecule has 0 amide bonds. The molecule has 1 heterocycles. The Hall–Kier alpha value is -1.50. The van der Waals surface area contributed by atoms with Crippen LogP contribution in [0.3, 0.4) is 0 Å². The summed E-state index contributed by atoms with van der Waals surface area (Å²) in [6, 6.07) is 0. The average Bonchev–Trinajstić information content (AvgIpc) is 2.24. The molecule has 0 saturated heterocycles. The number of rotatable bonds is 3. The van der Waals surface area contributed by atoms with Crippen LogP contribution in [-0.4, -0.2) is 26.9 Å². The van der Waals surface area contributed by atoms with Crippen LogP contribution in [0.5, 0.6) is 0 Å². The molecule has 0 aliphatic heterocycles. The monoisotopic (exact) mass is 243 g/mol. The van der Waals surface area contributed by atoms with Crippen molar-refractivity contribution in [3.8, 4) is 0 Å². The van der Waals surface area contributed by atoms with E-state index in [1.54, 1.807) is 6.26 Å². The van der Waals surface area contributed by atoms with Gasteiger partial charge >= 0.3 is 5.69 Å². The van der Waals surface area contributed by atoms with Gasteiger partial charge in [-0.15, -0.1) is 0 Å². The quantitative estimate of drug-likeness (QED) is 0.703. The van der Waals surface area contributed by atoms with E-state index in [0.29, 0.717) is 0 Å². The van der Waals surface area contributed by atoms with Crippen molar-refractivity contribution in [2.24, 2.45) is 14.1 Å². The van der Waals surface area contributed by atoms with Gasteiger partial charge in [0.15, 0.2) is 5.78 Å². The van der Waals surface area contributed by atoms with Crippen LogP contribution in [0.2, 0.25) is 0 Å². The molecule has 1 rings (SSSR count). The summed E-state index contributed by atoms with van der Waals surface area (Å²) in [5, 5.41) is 0. The second-order valence-electron chi connectivity index (χ2n) is 3.32. The molecule has 0 bridgehead atoms. The highest BCUT2D eigenvalue weighted by Gasteiger charge is 2.19. The molecule has 0 unspecified atom stereocenters. The zero-order valence-electron chi connectivity index (χ0n) is 9.31. The van der Waals surface area contributed by atoms with Crippen molar-refractivity contribution < 1.29 is 4.79 Å². The van der Waals surface area contributed by atoms with Crippen molar-refractivity contribution in [1.29, 1.82) is 0 Å². The topological polar surface area (TPSA) is 87.1 Å². The smallest absolute Gasteiger partial charge is 0.332 e. The number of ketones is 1. The van der Waals surface area contributed by atoms with Crippen LogP contribution in [0.15, 0.2) is 9.59 Å². The van der Waals surface area contributed by atoms with Crippen LogP contribution in [-0.2, 0) is 14.1 Å². The predicted octanol–water partition coefficient (Wildman–Crippen LogP) is -0.788. The van der Waals surface area contributed by atoms with E-state index in [1.807, 2.05) is 0 Å². The van der Waals surface area contributed by atoms with Gasteiger partial charge in [0.05, 0.1) is 5.75 Å². The number of nitrogens with two attached hydrogens (primary N) is 1. The Kier molecular flexibility index (Phi) is 3.58. The van der Waals surface area contributed by atoms with Gasteiger partial charge in [-0.1, -0.05) is 0 Å². The molecule has 0 aliphatic carbocycles. The Balaban J connectivity index is 3.59. The Labute approximate surface area is 96.1 Å². The summed E-state index contributed by atoms with van der Waals surface area (Å²) in [5.74, 6) is -0.272. The Bertz CT molecular complexity index is 544. The number of Topliss-reactive ketones (excluding diaryl/α,β-unsaturated/α-hetero) is 1. The molecule has 2 N–H and O–H groups in total. The zero-order chi connectivity index (χ0) is 12.5. The molecule has 0 aromatic carbocycles. The van der Waals surface area contributed by atoms with Crippen molar-refractivity contribution in [2.75, 3.05) is 17.7 Å². The molecular weight excluding hydrogens is 230 g/mol. The highest BCUT2D eigenvalue weighted by atomic mass is 32.2. The fourth-order valence-electron chi connectivity index (χ4n) is 1.33. The molecule has 0 saturated carbocycles. The Morgan fingerprint density at radius 3 is 2.38 bits per heavy atom.